The van der Waals surface area contributed by atoms with Gasteiger partial charge in [0.15, 0.2) is 5.82 Å². The molecule has 0 aliphatic carbocycles. The number of halogens is 2. The average molecular weight is 538 g/mol. The summed E-state index contributed by atoms with van der Waals surface area (Å²) in [5.74, 6) is 0.981. The minimum atomic E-state index is -0.433. The number of aromatic nitrogens is 3. The molecule has 0 radical (unpaired) electrons. The van der Waals surface area contributed by atoms with E-state index in [0.717, 1.165) is 49.3 Å². The van der Waals surface area contributed by atoms with Gasteiger partial charge in [0.2, 0.25) is 0 Å². The number of ether oxygens (including phenoxy) is 1. The summed E-state index contributed by atoms with van der Waals surface area (Å²) in [4.78, 5) is 16.7. The van der Waals surface area contributed by atoms with E-state index >= 15 is 0 Å². The van der Waals surface area contributed by atoms with Crippen molar-refractivity contribution in [3.63, 3.8) is 0 Å². The minimum absolute atomic E-state index is 0.185. The predicted molar refractivity (Wildman–Crippen MR) is 151 cm³/mol. The van der Waals surface area contributed by atoms with Gasteiger partial charge in [-0.25, -0.2) is 4.98 Å². The van der Waals surface area contributed by atoms with E-state index < -0.39 is 6.10 Å². The fourth-order valence-electron chi connectivity index (χ4n) is 4.64. The Morgan fingerprint density at radius 1 is 1.08 bits per heavy atom. The molecule has 2 aromatic heterocycles. The number of nitrogens with one attached hydrogen (secondary N) is 2. The van der Waals surface area contributed by atoms with Crippen molar-refractivity contribution in [1.29, 1.82) is 5.41 Å². The van der Waals surface area contributed by atoms with Gasteiger partial charge in [-0.3, -0.25) is 10.4 Å². The van der Waals surface area contributed by atoms with Crippen molar-refractivity contribution in [3.8, 4) is 5.75 Å². The summed E-state index contributed by atoms with van der Waals surface area (Å²) in [5.41, 5.74) is 10.9. The number of benzene rings is 2. The smallest absolute Gasteiger partial charge is 0.157 e. The molecule has 8 nitrogen and oxygen atoms in total. The molecule has 5 rings (SSSR count). The average Bonchev–Trinajstić information content (AvgIpc) is 3.18. The zero-order valence-electron chi connectivity index (χ0n) is 20.8. The van der Waals surface area contributed by atoms with Crippen LogP contribution in [0.5, 0.6) is 5.75 Å². The van der Waals surface area contributed by atoms with Crippen molar-refractivity contribution in [1.82, 2.24) is 19.9 Å². The van der Waals surface area contributed by atoms with Crippen LogP contribution in [0.2, 0.25) is 10.0 Å². The summed E-state index contributed by atoms with van der Waals surface area (Å²) in [6, 6.07) is 11.4. The topological polar surface area (TPSA) is 107 Å². The maximum absolute atomic E-state index is 8.86. The first-order chi connectivity index (χ1) is 17.8. The largest absolute Gasteiger partial charge is 0.486 e. The Morgan fingerprint density at radius 3 is 2.65 bits per heavy atom. The van der Waals surface area contributed by atoms with E-state index in [2.05, 4.69) is 43.9 Å². The van der Waals surface area contributed by atoms with Crippen LogP contribution in [0, 0.1) is 5.41 Å². The number of nitrogen functional groups attached to an aromatic ring is 1. The molecule has 0 saturated carbocycles. The van der Waals surface area contributed by atoms with Crippen molar-refractivity contribution < 1.29 is 4.74 Å². The molecule has 0 bridgehead atoms. The molecule has 192 valence electrons. The Kier molecular flexibility index (Phi) is 7.24. The molecule has 1 aliphatic heterocycles. The fraction of sp³-hybridized carbons (Fsp3) is 0.296. The summed E-state index contributed by atoms with van der Waals surface area (Å²) < 4.78 is 6.11. The van der Waals surface area contributed by atoms with E-state index in [0.29, 0.717) is 38.4 Å². The molecule has 1 atom stereocenters. The molecule has 37 heavy (non-hydrogen) atoms. The number of imidazole rings is 1. The molecule has 1 fully saturated rings. The van der Waals surface area contributed by atoms with Crippen LogP contribution in [0.4, 0.5) is 11.4 Å². The summed E-state index contributed by atoms with van der Waals surface area (Å²) in [5, 5.41) is 9.72. The van der Waals surface area contributed by atoms with Gasteiger partial charge in [-0.1, -0.05) is 23.2 Å². The highest BCUT2D eigenvalue weighted by molar-refractivity contribution is 6.35. The Hall–Kier alpha value is -3.33. The molecule has 1 unspecified atom stereocenters. The van der Waals surface area contributed by atoms with Crippen LogP contribution in [-0.4, -0.2) is 58.8 Å². The molecular weight excluding hydrogens is 509 g/mol. The minimum Gasteiger partial charge on any atom is -0.486 e. The van der Waals surface area contributed by atoms with Gasteiger partial charge in [-0.2, -0.15) is 0 Å². The lowest BCUT2D eigenvalue weighted by atomic mass is 10.1. The number of nitrogens with zero attached hydrogens (tertiary/aromatic N) is 4. The van der Waals surface area contributed by atoms with E-state index in [9.17, 15) is 0 Å². The normalized spacial score (nSPS) is 15.5. The second-order valence-electron chi connectivity index (χ2n) is 9.33. The van der Waals surface area contributed by atoms with Gasteiger partial charge in [0.05, 0.1) is 21.1 Å². The first-order valence-electron chi connectivity index (χ1n) is 12.2. The lowest BCUT2D eigenvalue weighted by molar-refractivity contribution is 0.227. The van der Waals surface area contributed by atoms with E-state index in [-0.39, 0.29) is 5.71 Å². The molecule has 2 aromatic carbocycles. The molecule has 10 heteroatoms. The highest BCUT2D eigenvalue weighted by Crippen LogP contribution is 2.33. The van der Waals surface area contributed by atoms with E-state index in [1.807, 2.05) is 13.0 Å². The number of anilines is 2. The first kappa shape index (κ1) is 25.3. The van der Waals surface area contributed by atoms with Crippen LogP contribution in [0.15, 0.2) is 48.8 Å². The molecule has 0 spiro atoms. The van der Waals surface area contributed by atoms with Gasteiger partial charge >= 0.3 is 0 Å². The second-order valence-corrected chi connectivity index (χ2v) is 10.1. The van der Waals surface area contributed by atoms with Gasteiger partial charge < -0.3 is 25.3 Å². The summed E-state index contributed by atoms with van der Waals surface area (Å²) in [7, 11) is 2.16. The molecule has 4 N–H and O–H groups in total. The van der Waals surface area contributed by atoms with Crippen molar-refractivity contribution in [2.45, 2.75) is 19.4 Å². The van der Waals surface area contributed by atoms with Crippen molar-refractivity contribution in [3.05, 3.63) is 75.8 Å². The molecule has 1 aliphatic rings. The third-order valence-electron chi connectivity index (χ3n) is 6.69. The number of likely N-dealkylation sites (N-methyl/N-ethyl adjacent to an activating group) is 1. The van der Waals surface area contributed by atoms with Crippen LogP contribution >= 0.6 is 23.2 Å². The zero-order valence-corrected chi connectivity index (χ0v) is 22.3. The first-order valence-corrected chi connectivity index (χ1v) is 12.9. The third kappa shape index (κ3) is 5.37. The number of hydrogen-bond acceptors (Lipinski definition) is 7. The summed E-state index contributed by atoms with van der Waals surface area (Å²) in [6.45, 7) is 6.00. The van der Waals surface area contributed by atoms with Crippen LogP contribution in [0.25, 0.3) is 11.0 Å². The number of rotatable bonds is 6. The van der Waals surface area contributed by atoms with Crippen LogP contribution < -0.4 is 15.4 Å². The standard InChI is InChI=1S/C27H29Cl2N7O/c1-16(25-20(28)14-32-15-21(25)29)37-18-5-6-22(30)19(13-18)26(31)27-33-23-7-4-17(12-24(23)34-27)36-9-3-8-35(2)10-11-36/h4-7,12-16,31H,3,8-11,30H2,1-2H3,(H,33,34). The van der Waals surface area contributed by atoms with Gasteiger partial charge in [0.25, 0.3) is 0 Å². The predicted octanol–water partition coefficient (Wildman–Crippen LogP) is 5.54. The van der Waals surface area contributed by atoms with Gasteiger partial charge in [0.1, 0.15) is 17.6 Å². The lowest BCUT2D eigenvalue weighted by Crippen LogP contribution is -2.28. The third-order valence-corrected chi connectivity index (χ3v) is 7.29. The Labute approximate surface area is 225 Å². The quantitative estimate of drug-likeness (QED) is 0.220. The van der Waals surface area contributed by atoms with Crippen LogP contribution in [0.3, 0.4) is 0 Å². The van der Waals surface area contributed by atoms with Crippen molar-refractivity contribution in [2.24, 2.45) is 0 Å². The Morgan fingerprint density at radius 2 is 1.86 bits per heavy atom. The summed E-state index contributed by atoms with van der Waals surface area (Å²) in [6.07, 6.45) is 3.76. The monoisotopic (exact) mass is 537 g/mol. The number of fused-ring (bicyclic) bond motifs is 1. The Bertz CT molecular complexity index is 1430. The molecular formula is C27H29Cl2N7O. The number of nitrogens with two attached hydrogens (primary N) is 1. The summed E-state index contributed by atoms with van der Waals surface area (Å²) >= 11 is 12.6. The van der Waals surface area contributed by atoms with E-state index in [1.165, 1.54) is 12.4 Å². The number of aromatic amines is 1. The van der Waals surface area contributed by atoms with Crippen LogP contribution in [-0.2, 0) is 0 Å². The molecule has 4 aromatic rings. The Balaban J connectivity index is 1.39. The van der Waals surface area contributed by atoms with E-state index in [4.69, 9.17) is 39.1 Å². The highest BCUT2D eigenvalue weighted by Gasteiger charge is 2.19. The van der Waals surface area contributed by atoms with E-state index in [1.54, 1.807) is 18.2 Å². The number of hydrogen-bond donors (Lipinski definition) is 3. The SMILES string of the molecule is CC(Oc1ccc(N)c(C(=N)c2nc3ccc(N4CCCN(C)CC4)cc3[nH]2)c1)c1c(Cl)cncc1Cl. The van der Waals surface area contributed by atoms with Crippen molar-refractivity contribution in [2.75, 3.05) is 43.9 Å². The van der Waals surface area contributed by atoms with Gasteiger partial charge in [-0.05, 0) is 63.3 Å². The van der Waals surface area contributed by atoms with Gasteiger partial charge in [0, 0.05) is 54.5 Å². The fourth-order valence-corrected chi connectivity index (χ4v) is 5.31. The lowest BCUT2D eigenvalue weighted by Gasteiger charge is -2.22. The second kappa shape index (κ2) is 10.6. The van der Waals surface area contributed by atoms with Crippen molar-refractivity contribution >= 4 is 51.3 Å². The molecule has 1 saturated heterocycles. The maximum atomic E-state index is 8.86. The maximum Gasteiger partial charge on any atom is 0.157 e. The molecule has 3 heterocycles. The zero-order chi connectivity index (χ0) is 26.1. The number of pyridine rings is 1. The number of H-pyrrole nitrogens is 1. The van der Waals surface area contributed by atoms with Crippen LogP contribution in [0.1, 0.15) is 36.4 Å². The van der Waals surface area contributed by atoms with Gasteiger partial charge in [-0.15, -0.1) is 0 Å². The molecule has 0 amide bonds. The highest BCUT2D eigenvalue weighted by atomic mass is 35.5.